The molecule has 0 aromatic heterocycles. The summed E-state index contributed by atoms with van der Waals surface area (Å²) in [6.07, 6.45) is 4.21. The molecule has 0 amide bonds. The average Bonchev–Trinajstić information content (AvgIpc) is 2.83. The van der Waals surface area contributed by atoms with Crippen LogP contribution < -0.4 is 0 Å². The Labute approximate surface area is 92.1 Å². The molecule has 0 saturated heterocycles. The maximum atomic E-state index is 2.40. The minimum atomic E-state index is 0.566. The van der Waals surface area contributed by atoms with E-state index < -0.39 is 0 Å². The summed E-state index contributed by atoms with van der Waals surface area (Å²) in [6, 6.07) is 11.9. The summed E-state index contributed by atoms with van der Waals surface area (Å²) in [5.41, 5.74) is 2.15. The zero-order chi connectivity index (χ0) is 10.5. The molecule has 0 spiro atoms. The normalized spacial score (nSPS) is 38.1. The van der Waals surface area contributed by atoms with E-state index in [-0.39, 0.29) is 0 Å². The summed E-state index contributed by atoms with van der Waals surface area (Å²) in [7, 11) is 4.43. The molecule has 2 saturated carbocycles. The third kappa shape index (κ3) is 1.33. The molecule has 2 aliphatic carbocycles. The molecule has 80 valence electrons. The van der Waals surface area contributed by atoms with Crippen LogP contribution in [0.1, 0.15) is 24.8 Å². The van der Waals surface area contributed by atoms with Gasteiger partial charge in [-0.25, -0.2) is 0 Å². The van der Waals surface area contributed by atoms with E-state index in [1.54, 1.807) is 5.56 Å². The van der Waals surface area contributed by atoms with E-state index in [1.807, 2.05) is 0 Å². The van der Waals surface area contributed by atoms with Crippen LogP contribution in [0.2, 0.25) is 0 Å². The van der Waals surface area contributed by atoms with Gasteiger partial charge in [0.15, 0.2) is 0 Å². The molecular weight excluding hydrogens is 182 g/mol. The van der Waals surface area contributed by atoms with E-state index in [9.17, 15) is 0 Å². The van der Waals surface area contributed by atoms with Crippen LogP contribution in [-0.2, 0) is 5.41 Å². The van der Waals surface area contributed by atoms with Gasteiger partial charge in [-0.2, -0.15) is 0 Å². The lowest BCUT2D eigenvalue weighted by molar-refractivity contribution is 0.275. The van der Waals surface area contributed by atoms with E-state index in [0.29, 0.717) is 5.41 Å². The van der Waals surface area contributed by atoms with Crippen LogP contribution >= 0.6 is 0 Å². The zero-order valence-electron chi connectivity index (χ0n) is 9.61. The van der Waals surface area contributed by atoms with E-state index in [1.165, 1.54) is 19.3 Å². The van der Waals surface area contributed by atoms with E-state index in [4.69, 9.17) is 0 Å². The van der Waals surface area contributed by atoms with Gasteiger partial charge in [0.2, 0.25) is 0 Å². The predicted octanol–water partition coefficient (Wildman–Crippen LogP) is 2.67. The van der Waals surface area contributed by atoms with Crippen LogP contribution in [0.5, 0.6) is 0 Å². The number of benzene rings is 1. The molecule has 3 rings (SSSR count). The molecule has 15 heavy (non-hydrogen) atoms. The van der Waals surface area contributed by atoms with Gasteiger partial charge in [-0.3, -0.25) is 0 Å². The van der Waals surface area contributed by atoms with Gasteiger partial charge in [-0.1, -0.05) is 30.3 Å². The van der Waals surface area contributed by atoms with Crippen molar-refractivity contribution in [1.29, 1.82) is 0 Å². The highest BCUT2D eigenvalue weighted by atomic mass is 15.1. The topological polar surface area (TPSA) is 3.24 Å². The number of nitrogens with zero attached hydrogens (tertiary/aromatic N) is 1. The highest BCUT2D eigenvalue weighted by Gasteiger charge is 2.60. The second kappa shape index (κ2) is 3.08. The quantitative estimate of drug-likeness (QED) is 0.711. The van der Waals surface area contributed by atoms with Gasteiger partial charge in [0.1, 0.15) is 0 Å². The molecule has 1 aromatic carbocycles. The SMILES string of the molecule is CN(C)C1CC2CC2(c2ccccc2)C1. The molecule has 2 fully saturated rings. The van der Waals surface area contributed by atoms with Crippen molar-refractivity contribution in [2.75, 3.05) is 14.1 Å². The fraction of sp³-hybridized carbons (Fsp3) is 0.571. The molecule has 0 heterocycles. The van der Waals surface area contributed by atoms with Crippen LogP contribution in [0.25, 0.3) is 0 Å². The second-order valence-corrected chi connectivity index (χ2v) is 5.48. The third-order valence-corrected chi connectivity index (χ3v) is 4.47. The molecule has 1 aromatic rings. The van der Waals surface area contributed by atoms with Crippen molar-refractivity contribution in [2.24, 2.45) is 5.92 Å². The van der Waals surface area contributed by atoms with E-state index in [0.717, 1.165) is 12.0 Å². The smallest absolute Gasteiger partial charge is 0.0101 e. The van der Waals surface area contributed by atoms with Gasteiger partial charge in [0.25, 0.3) is 0 Å². The Balaban J connectivity index is 1.85. The highest BCUT2D eigenvalue weighted by molar-refractivity contribution is 5.36. The highest BCUT2D eigenvalue weighted by Crippen LogP contribution is 2.64. The molecular formula is C14H19N. The van der Waals surface area contributed by atoms with Gasteiger partial charge in [0.05, 0.1) is 0 Å². The number of hydrogen-bond donors (Lipinski definition) is 0. The molecule has 1 heteroatoms. The molecule has 0 bridgehead atoms. The Hall–Kier alpha value is -0.820. The summed E-state index contributed by atoms with van der Waals surface area (Å²) >= 11 is 0. The molecule has 0 N–H and O–H groups in total. The number of hydrogen-bond acceptors (Lipinski definition) is 1. The Morgan fingerprint density at radius 3 is 2.47 bits per heavy atom. The number of rotatable bonds is 2. The average molecular weight is 201 g/mol. The lowest BCUT2D eigenvalue weighted by Gasteiger charge is -2.23. The molecule has 2 aliphatic rings. The lowest BCUT2D eigenvalue weighted by Crippen LogP contribution is -2.27. The monoisotopic (exact) mass is 201 g/mol. The van der Waals surface area contributed by atoms with Crippen molar-refractivity contribution in [3.63, 3.8) is 0 Å². The second-order valence-electron chi connectivity index (χ2n) is 5.48. The lowest BCUT2D eigenvalue weighted by atomic mass is 9.92. The first-order chi connectivity index (χ1) is 7.22. The van der Waals surface area contributed by atoms with Crippen molar-refractivity contribution < 1.29 is 0 Å². The Morgan fingerprint density at radius 1 is 1.13 bits per heavy atom. The maximum absolute atomic E-state index is 2.40. The van der Waals surface area contributed by atoms with Crippen molar-refractivity contribution in [2.45, 2.75) is 30.7 Å². The van der Waals surface area contributed by atoms with Crippen molar-refractivity contribution in [1.82, 2.24) is 4.90 Å². The Kier molecular flexibility index (Phi) is 1.93. The summed E-state index contributed by atoms with van der Waals surface area (Å²) in [5.74, 6) is 0.965. The van der Waals surface area contributed by atoms with E-state index in [2.05, 4.69) is 49.3 Å². The van der Waals surface area contributed by atoms with Crippen molar-refractivity contribution in [3.8, 4) is 0 Å². The maximum Gasteiger partial charge on any atom is 0.0101 e. The Morgan fingerprint density at radius 2 is 1.87 bits per heavy atom. The summed E-state index contributed by atoms with van der Waals surface area (Å²) in [4.78, 5) is 2.40. The molecule has 1 nitrogen and oxygen atoms in total. The first-order valence-corrected chi connectivity index (χ1v) is 5.94. The van der Waals surface area contributed by atoms with Gasteiger partial charge >= 0.3 is 0 Å². The fourth-order valence-electron chi connectivity index (χ4n) is 3.41. The summed E-state index contributed by atoms with van der Waals surface area (Å²) in [5, 5.41) is 0. The third-order valence-electron chi connectivity index (χ3n) is 4.47. The molecule has 3 atom stereocenters. The van der Waals surface area contributed by atoms with E-state index >= 15 is 0 Å². The predicted molar refractivity (Wildman–Crippen MR) is 62.9 cm³/mol. The van der Waals surface area contributed by atoms with Crippen LogP contribution in [-0.4, -0.2) is 25.0 Å². The summed E-state index contributed by atoms with van der Waals surface area (Å²) in [6.45, 7) is 0. The van der Waals surface area contributed by atoms with Gasteiger partial charge in [-0.15, -0.1) is 0 Å². The van der Waals surface area contributed by atoms with Crippen LogP contribution in [0.4, 0.5) is 0 Å². The standard InChI is InChI=1S/C14H19N/c1-15(2)13-8-12-9-14(12,10-13)11-6-4-3-5-7-11/h3-7,12-13H,8-10H2,1-2H3. The van der Waals surface area contributed by atoms with Crippen LogP contribution in [0.3, 0.4) is 0 Å². The fourth-order valence-corrected chi connectivity index (χ4v) is 3.41. The van der Waals surface area contributed by atoms with Gasteiger partial charge in [0, 0.05) is 6.04 Å². The van der Waals surface area contributed by atoms with Crippen LogP contribution in [0, 0.1) is 5.92 Å². The minimum Gasteiger partial charge on any atom is -0.306 e. The zero-order valence-corrected chi connectivity index (χ0v) is 9.61. The van der Waals surface area contributed by atoms with Crippen LogP contribution in [0.15, 0.2) is 30.3 Å². The van der Waals surface area contributed by atoms with Gasteiger partial charge < -0.3 is 4.90 Å². The molecule has 0 aliphatic heterocycles. The summed E-state index contributed by atoms with van der Waals surface area (Å²) < 4.78 is 0. The van der Waals surface area contributed by atoms with Crippen molar-refractivity contribution in [3.05, 3.63) is 35.9 Å². The first-order valence-electron chi connectivity index (χ1n) is 5.94. The minimum absolute atomic E-state index is 0.566. The number of fused-ring (bicyclic) bond motifs is 1. The largest absolute Gasteiger partial charge is 0.306 e. The van der Waals surface area contributed by atoms with Gasteiger partial charge in [-0.05, 0) is 50.3 Å². The first kappa shape index (κ1) is 9.41. The molecule has 3 unspecified atom stereocenters. The van der Waals surface area contributed by atoms with Crippen molar-refractivity contribution >= 4 is 0 Å². The Bertz CT molecular complexity index is 357. The molecule has 0 radical (unpaired) electrons.